The molecule has 2 aromatic heterocycles. The highest BCUT2D eigenvalue weighted by Gasteiger charge is 2.31. The molecule has 1 amide bonds. The third-order valence-electron chi connectivity index (χ3n) is 7.62. The first-order chi connectivity index (χ1) is 16.9. The molecule has 0 atom stereocenters. The number of rotatable bonds is 4. The first-order valence-corrected chi connectivity index (χ1v) is 13.2. The van der Waals surface area contributed by atoms with Crippen molar-refractivity contribution in [2.75, 3.05) is 39.4 Å². The van der Waals surface area contributed by atoms with Crippen molar-refractivity contribution in [1.29, 1.82) is 0 Å². The normalized spacial score (nSPS) is 24.4. The summed E-state index contributed by atoms with van der Waals surface area (Å²) >= 11 is 0. The van der Waals surface area contributed by atoms with Gasteiger partial charge in [-0.25, -0.2) is 14.3 Å². The summed E-state index contributed by atoms with van der Waals surface area (Å²) in [5.41, 5.74) is 4.51. The second kappa shape index (κ2) is 10.3. The number of piperazine rings is 1. The smallest absolute Gasteiger partial charge is 0.410 e. The Hall–Kier alpha value is -2.45. The van der Waals surface area contributed by atoms with Gasteiger partial charge in [0.15, 0.2) is 0 Å². The molecule has 5 rings (SSSR count). The molecule has 0 bridgehead atoms. The summed E-state index contributed by atoms with van der Waals surface area (Å²) in [6.45, 7) is 10.6. The lowest BCUT2D eigenvalue weighted by atomic mass is 9.82. The molecule has 0 spiro atoms. The fourth-order valence-electron chi connectivity index (χ4n) is 5.78. The van der Waals surface area contributed by atoms with Crippen LogP contribution in [0.25, 0.3) is 11.1 Å². The molecule has 0 unspecified atom stereocenters. The van der Waals surface area contributed by atoms with E-state index in [0.717, 1.165) is 45.6 Å². The molecule has 1 saturated heterocycles. The molecule has 2 aromatic rings. The van der Waals surface area contributed by atoms with E-state index >= 15 is 0 Å². The quantitative estimate of drug-likeness (QED) is 0.652. The maximum absolute atomic E-state index is 12.4. The predicted molar refractivity (Wildman–Crippen MR) is 135 cm³/mol. The average Bonchev–Trinajstić information content (AvgIpc) is 3.30. The van der Waals surface area contributed by atoms with E-state index in [-0.39, 0.29) is 6.09 Å². The van der Waals surface area contributed by atoms with Gasteiger partial charge in [-0.3, -0.25) is 4.90 Å². The van der Waals surface area contributed by atoms with Crippen molar-refractivity contribution in [3.05, 3.63) is 35.9 Å². The summed E-state index contributed by atoms with van der Waals surface area (Å²) in [6.07, 6.45) is 12.6. The third kappa shape index (κ3) is 5.70. The topological polar surface area (TPSA) is 72.2 Å². The van der Waals surface area contributed by atoms with Crippen LogP contribution < -0.4 is 0 Å². The van der Waals surface area contributed by atoms with Crippen LogP contribution in [0.2, 0.25) is 0 Å². The van der Waals surface area contributed by atoms with Gasteiger partial charge in [0.05, 0.1) is 24.4 Å². The zero-order chi connectivity index (χ0) is 24.4. The van der Waals surface area contributed by atoms with Crippen molar-refractivity contribution in [3.63, 3.8) is 0 Å². The highest BCUT2D eigenvalue weighted by Crippen LogP contribution is 2.33. The molecule has 8 nitrogen and oxygen atoms in total. The first-order valence-electron chi connectivity index (χ1n) is 13.2. The summed E-state index contributed by atoms with van der Waals surface area (Å²) in [4.78, 5) is 21.6. The van der Waals surface area contributed by atoms with Crippen molar-refractivity contribution in [3.8, 4) is 0 Å². The number of ether oxygens (including phenoxy) is 2. The van der Waals surface area contributed by atoms with Crippen LogP contribution in [-0.2, 0) is 15.9 Å². The lowest BCUT2D eigenvalue weighted by Gasteiger charge is -2.42. The predicted octanol–water partition coefficient (Wildman–Crippen LogP) is 4.19. The lowest BCUT2D eigenvalue weighted by Crippen LogP contribution is -2.53. The summed E-state index contributed by atoms with van der Waals surface area (Å²) in [6, 6.07) is 2.80. The Kier molecular flexibility index (Phi) is 7.12. The van der Waals surface area contributed by atoms with Crippen LogP contribution in [0.4, 0.5) is 4.79 Å². The van der Waals surface area contributed by atoms with Crippen molar-refractivity contribution >= 4 is 17.2 Å². The van der Waals surface area contributed by atoms with Crippen LogP contribution in [0.1, 0.15) is 64.1 Å². The van der Waals surface area contributed by atoms with Gasteiger partial charge in [0.25, 0.3) is 0 Å². The van der Waals surface area contributed by atoms with Crippen LogP contribution in [0.15, 0.2) is 24.7 Å². The van der Waals surface area contributed by atoms with Crippen LogP contribution in [-0.4, -0.2) is 81.5 Å². The second-order valence-electron chi connectivity index (χ2n) is 11.2. The van der Waals surface area contributed by atoms with Crippen LogP contribution in [0.3, 0.4) is 0 Å². The van der Waals surface area contributed by atoms with Gasteiger partial charge in [0.2, 0.25) is 0 Å². The molecule has 0 radical (unpaired) electrons. The molecule has 4 heterocycles. The Morgan fingerprint density at radius 2 is 1.91 bits per heavy atom. The van der Waals surface area contributed by atoms with Crippen LogP contribution >= 0.6 is 0 Å². The van der Waals surface area contributed by atoms with Crippen molar-refractivity contribution in [2.24, 2.45) is 5.92 Å². The Balaban J connectivity index is 1.16. The van der Waals surface area contributed by atoms with E-state index < -0.39 is 5.60 Å². The molecule has 190 valence electrons. The molecule has 2 aliphatic heterocycles. The van der Waals surface area contributed by atoms with Gasteiger partial charge in [-0.2, -0.15) is 5.10 Å². The number of nitrogens with zero attached hydrogens (tertiary/aromatic N) is 5. The second-order valence-corrected chi connectivity index (χ2v) is 11.2. The third-order valence-corrected chi connectivity index (χ3v) is 7.62. The molecule has 1 saturated carbocycles. The van der Waals surface area contributed by atoms with Gasteiger partial charge in [-0.05, 0) is 76.9 Å². The summed E-state index contributed by atoms with van der Waals surface area (Å²) < 4.78 is 13.1. The fourth-order valence-corrected chi connectivity index (χ4v) is 5.78. The minimum absolute atomic E-state index is 0.182. The van der Waals surface area contributed by atoms with E-state index in [0.29, 0.717) is 18.6 Å². The number of fused-ring (bicyclic) bond motifs is 1. The van der Waals surface area contributed by atoms with Crippen molar-refractivity contribution in [2.45, 2.75) is 70.9 Å². The standard InChI is InChI=1S/C27H39N5O3/c1-27(2,3)35-26(33)31-14-12-30(13-15-31)22-6-4-20(5-7-22)18-24-25-23(21-9-16-34-17-10-21)8-11-32(25)29-19-28-24/h8-9,11,19-20,22H,4-7,10,12-18H2,1-3H3. The number of hydrogen-bond donors (Lipinski definition) is 0. The molecule has 8 heteroatoms. The first kappa shape index (κ1) is 24.3. The Labute approximate surface area is 208 Å². The van der Waals surface area contributed by atoms with E-state index in [2.05, 4.69) is 28.3 Å². The summed E-state index contributed by atoms with van der Waals surface area (Å²) in [5.74, 6) is 0.652. The molecule has 0 aromatic carbocycles. The molecule has 2 fully saturated rings. The highest BCUT2D eigenvalue weighted by molar-refractivity contribution is 5.80. The molecule has 3 aliphatic rings. The van der Waals surface area contributed by atoms with E-state index in [4.69, 9.17) is 14.5 Å². The van der Waals surface area contributed by atoms with Gasteiger partial charge in [0, 0.05) is 44.0 Å². The van der Waals surface area contributed by atoms with E-state index in [1.807, 2.05) is 30.2 Å². The minimum Gasteiger partial charge on any atom is -0.444 e. The number of carbonyl (C=O) groups is 1. The zero-order valence-corrected chi connectivity index (χ0v) is 21.4. The number of hydrogen-bond acceptors (Lipinski definition) is 6. The van der Waals surface area contributed by atoms with Gasteiger partial charge in [0.1, 0.15) is 11.9 Å². The fraction of sp³-hybridized carbons (Fsp3) is 0.667. The zero-order valence-electron chi connectivity index (χ0n) is 21.4. The minimum atomic E-state index is -0.439. The lowest BCUT2D eigenvalue weighted by molar-refractivity contribution is 0.00719. The van der Waals surface area contributed by atoms with Gasteiger partial charge < -0.3 is 14.4 Å². The molecule has 1 aliphatic carbocycles. The van der Waals surface area contributed by atoms with Crippen LogP contribution in [0, 0.1) is 5.92 Å². The van der Waals surface area contributed by atoms with E-state index in [9.17, 15) is 4.79 Å². The average molecular weight is 482 g/mol. The molecule has 0 N–H and O–H groups in total. The van der Waals surface area contributed by atoms with Crippen molar-refractivity contribution in [1.82, 2.24) is 24.4 Å². The summed E-state index contributed by atoms with van der Waals surface area (Å²) in [5, 5.41) is 4.47. The highest BCUT2D eigenvalue weighted by atomic mass is 16.6. The van der Waals surface area contributed by atoms with Gasteiger partial charge >= 0.3 is 6.09 Å². The SMILES string of the molecule is CC(C)(C)OC(=O)N1CCN(C2CCC(Cc3ncnn4ccc(C5=CCOCC5)c34)CC2)CC1. The largest absolute Gasteiger partial charge is 0.444 e. The Morgan fingerprint density at radius 1 is 1.14 bits per heavy atom. The van der Waals surface area contributed by atoms with Crippen molar-refractivity contribution < 1.29 is 14.3 Å². The van der Waals surface area contributed by atoms with E-state index in [1.165, 1.54) is 48.0 Å². The number of carbonyl (C=O) groups excluding carboxylic acids is 1. The molecule has 35 heavy (non-hydrogen) atoms. The van der Waals surface area contributed by atoms with Crippen LogP contribution in [0.5, 0.6) is 0 Å². The van der Waals surface area contributed by atoms with Gasteiger partial charge in [-0.1, -0.05) is 6.08 Å². The molecular formula is C27H39N5O3. The summed E-state index contributed by atoms with van der Waals surface area (Å²) in [7, 11) is 0. The maximum Gasteiger partial charge on any atom is 0.410 e. The molecular weight excluding hydrogens is 442 g/mol. The maximum atomic E-state index is 12.4. The Morgan fingerprint density at radius 3 is 2.60 bits per heavy atom. The monoisotopic (exact) mass is 481 g/mol. The number of amides is 1. The number of aromatic nitrogens is 3. The van der Waals surface area contributed by atoms with Gasteiger partial charge in [-0.15, -0.1) is 0 Å². The van der Waals surface area contributed by atoms with E-state index in [1.54, 1.807) is 6.33 Å². The Bertz CT molecular complexity index is 1060.